The van der Waals surface area contributed by atoms with E-state index in [0.29, 0.717) is 12.4 Å². The quantitative estimate of drug-likeness (QED) is 0.410. The summed E-state index contributed by atoms with van der Waals surface area (Å²) in [6.45, 7) is 2.31. The lowest BCUT2D eigenvalue weighted by Crippen LogP contribution is -2.28. The molecule has 0 unspecified atom stereocenters. The van der Waals surface area contributed by atoms with Crippen molar-refractivity contribution in [3.05, 3.63) is 59.8 Å². The Morgan fingerprint density at radius 1 is 1.09 bits per heavy atom. The van der Waals surface area contributed by atoms with E-state index < -0.39 is 12.1 Å². The van der Waals surface area contributed by atoms with Crippen molar-refractivity contribution < 1.29 is 24.2 Å². The van der Waals surface area contributed by atoms with Crippen molar-refractivity contribution >= 4 is 34.7 Å². The molecule has 9 heteroatoms. The minimum atomic E-state index is -1.01. The van der Waals surface area contributed by atoms with Crippen molar-refractivity contribution in [2.45, 2.75) is 13.5 Å². The highest BCUT2D eigenvalue weighted by molar-refractivity contribution is 6.01. The molecule has 0 atom stereocenters. The van der Waals surface area contributed by atoms with Crippen molar-refractivity contribution in [2.75, 3.05) is 18.5 Å². The average Bonchev–Trinajstić information content (AvgIpc) is 2.81. The summed E-state index contributed by atoms with van der Waals surface area (Å²) >= 11 is 0. The predicted molar refractivity (Wildman–Crippen MR) is 124 cm³/mol. The van der Waals surface area contributed by atoms with Crippen LogP contribution < -0.4 is 16.0 Å². The number of carbonyl (C=O) groups is 3. The second-order valence-electron chi connectivity index (χ2n) is 6.89. The number of alkyl carbamates (subject to hydrolysis) is 1. The predicted octanol–water partition coefficient (Wildman–Crippen LogP) is 3.60. The number of ether oxygens (including phenoxy) is 1. The van der Waals surface area contributed by atoms with Crippen LogP contribution in [0.5, 0.6) is 0 Å². The van der Waals surface area contributed by atoms with Crippen LogP contribution in [-0.4, -0.2) is 41.3 Å². The first-order valence-electron chi connectivity index (χ1n) is 10.1. The molecule has 1 aromatic heterocycles. The third-order valence-electron chi connectivity index (χ3n) is 4.72. The number of benzene rings is 2. The fourth-order valence-corrected chi connectivity index (χ4v) is 3.21. The van der Waals surface area contributed by atoms with Gasteiger partial charge < -0.3 is 20.5 Å². The van der Waals surface area contributed by atoms with Gasteiger partial charge in [-0.25, -0.2) is 19.4 Å². The molecule has 3 aromatic rings. The largest absolute Gasteiger partial charge is 0.478 e. The second kappa shape index (κ2) is 10.6. The summed E-state index contributed by atoms with van der Waals surface area (Å²) < 4.78 is 4.83. The molecule has 3 rings (SSSR count). The van der Waals surface area contributed by atoms with Crippen LogP contribution in [0.25, 0.3) is 21.9 Å². The van der Waals surface area contributed by atoms with E-state index >= 15 is 0 Å². The number of amides is 3. The highest BCUT2D eigenvalue weighted by atomic mass is 16.5. The molecule has 3 amide bonds. The monoisotopic (exact) mass is 446 g/mol. The lowest BCUT2D eigenvalue weighted by atomic mass is 9.95. The Labute approximate surface area is 190 Å². The van der Waals surface area contributed by atoms with Gasteiger partial charge in [0.05, 0.1) is 5.56 Å². The molecule has 2 aromatic carbocycles. The highest BCUT2D eigenvalue weighted by Gasteiger charge is 2.13. The number of carbonyl (C=O) groups excluding carboxylic acids is 2. The van der Waals surface area contributed by atoms with Crippen LogP contribution in [0.15, 0.2) is 48.7 Å². The van der Waals surface area contributed by atoms with Crippen molar-refractivity contribution in [2.24, 2.45) is 0 Å². The number of urea groups is 1. The number of nitrogens with zero attached hydrogens (tertiary/aromatic N) is 1. The molecule has 168 valence electrons. The first-order chi connectivity index (χ1) is 15.9. The van der Waals surface area contributed by atoms with Gasteiger partial charge in [0.2, 0.25) is 0 Å². The zero-order valence-corrected chi connectivity index (χ0v) is 17.8. The summed E-state index contributed by atoms with van der Waals surface area (Å²) in [5, 5.41) is 18.6. The number of carboxylic acid groups (broad SMARTS) is 1. The number of anilines is 1. The number of terminal acetylenes is 1. The molecule has 0 bridgehead atoms. The Morgan fingerprint density at radius 2 is 1.85 bits per heavy atom. The van der Waals surface area contributed by atoms with E-state index in [4.69, 9.17) is 16.3 Å². The van der Waals surface area contributed by atoms with E-state index in [1.807, 2.05) is 12.1 Å². The van der Waals surface area contributed by atoms with Gasteiger partial charge in [-0.15, -0.1) is 6.42 Å². The molecule has 0 saturated heterocycles. The molecule has 0 radical (unpaired) electrons. The van der Waals surface area contributed by atoms with Crippen molar-refractivity contribution in [3.63, 3.8) is 0 Å². The summed E-state index contributed by atoms with van der Waals surface area (Å²) in [7, 11) is 0. The number of rotatable bonds is 7. The molecule has 0 aliphatic rings. The van der Waals surface area contributed by atoms with Crippen LogP contribution in [0, 0.1) is 12.3 Å². The van der Waals surface area contributed by atoms with Gasteiger partial charge in [-0.1, -0.05) is 30.2 Å². The highest BCUT2D eigenvalue weighted by Crippen LogP contribution is 2.32. The van der Waals surface area contributed by atoms with Gasteiger partial charge in [-0.3, -0.25) is 5.32 Å². The first-order valence-corrected chi connectivity index (χ1v) is 10.1. The normalized spacial score (nSPS) is 10.2. The van der Waals surface area contributed by atoms with Crippen LogP contribution in [0.4, 0.5) is 15.4 Å². The van der Waals surface area contributed by atoms with Crippen LogP contribution in [0.3, 0.4) is 0 Å². The molecule has 4 N–H and O–H groups in total. The van der Waals surface area contributed by atoms with Crippen LogP contribution in [0.1, 0.15) is 22.8 Å². The van der Waals surface area contributed by atoms with Gasteiger partial charge in [-0.05, 0) is 47.2 Å². The van der Waals surface area contributed by atoms with Crippen molar-refractivity contribution in [3.8, 4) is 23.5 Å². The Bertz CT molecular complexity index is 1230. The maximum atomic E-state index is 11.9. The number of fused-ring (bicyclic) bond motifs is 1. The summed E-state index contributed by atoms with van der Waals surface area (Å²) in [6, 6.07) is 11.5. The minimum absolute atomic E-state index is 0.131. The number of aromatic carboxylic acids is 1. The molecule has 0 spiro atoms. The average molecular weight is 446 g/mol. The number of hydrogen-bond donors (Lipinski definition) is 4. The number of hydrogen-bond acceptors (Lipinski definition) is 5. The first kappa shape index (κ1) is 23.1. The van der Waals surface area contributed by atoms with Crippen LogP contribution >= 0.6 is 0 Å². The number of carboxylic acids is 1. The minimum Gasteiger partial charge on any atom is -0.478 e. The molecular weight excluding hydrogens is 424 g/mol. The van der Waals surface area contributed by atoms with Crippen molar-refractivity contribution in [1.29, 1.82) is 0 Å². The summed E-state index contributed by atoms with van der Waals surface area (Å²) in [6.07, 6.45) is 6.06. The zero-order valence-electron chi connectivity index (χ0n) is 17.8. The van der Waals surface area contributed by atoms with E-state index in [2.05, 4.69) is 26.9 Å². The second-order valence-corrected chi connectivity index (χ2v) is 6.89. The summed E-state index contributed by atoms with van der Waals surface area (Å²) in [4.78, 5) is 39.2. The molecule has 1 heterocycles. The van der Waals surface area contributed by atoms with Crippen LogP contribution in [-0.2, 0) is 11.3 Å². The topological polar surface area (TPSA) is 130 Å². The fourth-order valence-electron chi connectivity index (χ4n) is 3.21. The van der Waals surface area contributed by atoms with Crippen LogP contribution in [0.2, 0.25) is 0 Å². The number of pyridine rings is 1. The van der Waals surface area contributed by atoms with E-state index in [0.717, 1.165) is 27.5 Å². The van der Waals surface area contributed by atoms with E-state index in [-0.39, 0.29) is 24.7 Å². The van der Waals surface area contributed by atoms with E-state index in [1.54, 1.807) is 31.3 Å². The van der Waals surface area contributed by atoms with Gasteiger partial charge in [0.1, 0.15) is 5.82 Å². The maximum Gasteiger partial charge on any atom is 0.408 e. The lowest BCUT2D eigenvalue weighted by Gasteiger charge is -2.14. The molecule has 9 nitrogen and oxygen atoms in total. The van der Waals surface area contributed by atoms with E-state index in [9.17, 15) is 14.4 Å². The number of aromatic nitrogens is 1. The third kappa shape index (κ3) is 5.77. The molecule has 0 fully saturated rings. The lowest BCUT2D eigenvalue weighted by molar-refractivity contribution is 0.0696. The van der Waals surface area contributed by atoms with E-state index in [1.165, 1.54) is 12.1 Å². The summed E-state index contributed by atoms with van der Waals surface area (Å²) in [5.74, 6) is 1.56. The molecule has 0 saturated carbocycles. The molecular formula is C24H22N4O5. The Kier molecular flexibility index (Phi) is 7.44. The molecule has 33 heavy (non-hydrogen) atoms. The van der Waals surface area contributed by atoms with Gasteiger partial charge in [-0.2, -0.15) is 0 Å². The Balaban J connectivity index is 2.01. The SMILES string of the molecule is C#CCOC(=O)NCc1ccc(-c2ccc(C(=O)O)cc2)c2cc(NC(=O)NCC)ncc12. The van der Waals surface area contributed by atoms with Gasteiger partial charge in [0.15, 0.2) is 6.61 Å². The van der Waals surface area contributed by atoms with Crippen molar-refractivity contribution in [1.82, 2.24) is 15.6 Å². The third-order valence-corrected chi connectivity index (χ3v) is 4.72. The standard InChI is InChI=1S/C24H22N4O5/c1-3-11-33-24(32)27-13-17-9-10-18(15-5-7-16(8-6-15)22(29)30)19-12-21(26-14-20(17)19)28-23(31)25-4-2/h1,5-10,12,14H,4,11,13H2,2H3,(H,27,32)(H,29,30)(H2,25,26,28,31). The molecule has 0 aliphatic carbocycles. The smallest absolute Gasteiger partial charge is 0.408 e. The zero-order chi connectivity index (χ0) is 23.8. The van der Waals surface area contributed by atoms with Gasteiger partial charge in [0, 0.05) is 24.7 Å². The van der Waals surface area contributed by atoms with Gasteiger partial charge in [0.25, 0.3) is 0 Å². The Morgan fingerprint density at radius 3 is 2.52 bits per heavy atom. The summed E-state index contributed by atoms with van der Waals surface area (Å²) in [5.41, 5.74) is 2.54. The maximum absolute atomic E-state index is 11.9. The number of nitrogens with one attached hydrogen (secondary N) is 3. The van der Waals surface area contributed by atoms with Gasteiger partial charge >= 0.3 is 18.1 Å². The molecule has 0 aliphatic heterocycles. The fraction of sp³-hybridized carbons (Fsp3) is 0.167. The Hall–Kier alpha value is -4.58.